The highest BCUT2D eigenvalue weighted by Crippen LogP contribution is 2.24. The second-order valence-corrected chi connectivity index (χ2v) is 5.60. The summed E-state index contributed by atoms with van der Waals surface area (Å²) in [5.74, 6) is 0.331. The zero-order valence-electron chi connectivity index (χ0n) is 10.6. The van der Waals surface area contributed by atoms with E-state index in [1.807, 2.05) is 0 Å². The summed E-state index contributed by atoms with van der Waals surface area (Å²) in [6.45, 7) is 2.01. The summed E-state index contributed by atoms with van der Waals surface area (Å²) < 4.78 is 36.4. The SMILES string of the molecule is COCC(C)NS(=O)(=O)c1ccc(N)c(OC)c1. The van der Waals surface area contributed by atoms with Gasteiger partial charge in [-0.2, -0.15) is 0 Å². The lowest BCUT2D eigenvalue weighted by molar-refractivity contribution is 0.180. The Bertz CT molecular complexity index is 502. The quantitative estimate of drug-likeness (QED) is 0.741. The number of nitrogens with two attached hydrogens (primary N) is 1. The average molecular weight is 274 g/mol. The van der Waals surface area contributed by atoms with Crippen molar-refractivity contribution in [1.29, 1.82) is 0 Å². The Labute approximate surface area is 107 Å². The summed E-state index contributed by atoms with van der Waals surface area (Å²) in [6.07, 6.45) is 0. The van der Waals surface area contributed by atoms with E-state index in [-0.39, 0.29) is 10.9 Å². The van der Waals surface area contributed by atoms with Crippen LogP contribution in [0, 0.1) is 0 Å². The summed E-state index contributed by atoms with van der Waals surface area (Å²) in [6, 6.07) is 3.99. The number of hydrogen-bond acceptors (Lipinski definition) is 5. The molecule has 7 heteroatoms. The number of nitrogens with one attached hydrogen (secondary N) is 1. The standard InChI is InChI=1S/C11H18N2O4S/c1-8(7-16-2)13-18(14,15)9-4-5-10(12)11(6-9)17-3/h4-6,8,13H,7,12H2,1-3H3. The molecule has 3 N–H and O–H groups in total. The van der Waals surface area contributed by atoms with E-state index in [4.69, 9.17) is 15.2 Å². The Hall–Kier alpha value is -1.31. The minimum atomic E-state index is -3.60. The van der Waals surface area contributed by atoms with Crippen molar-refractivity contribution in [1.82, 2.24) is 4.72 Å². The van der Waals surface area contributed by atoms with Crippen molar-refractivity contribution in [2.75, 3.05) is 26.6 Å². The molecule has 1 atom stereocenters. The lowest BCUT2D eigenvalue weighted by Crippen LogP contribution is -2.35. The predicted molar refractivity (Wildman–Crippen MR) is 69.1 cm³/mol. The number of rotatable bonds is 6. The fraction of sp³-hybridized carbons (Fsp3) is 0.455. The smallest absolute Gasteiger partial charge is 0.241 e. The highest BCUT2D eigenvalue weighted by atomic mass is 32.2. The molecule has 0 fully saturated rings. The van der Waals surface area contributed by atoms with Crippen LogP contribution in [0.2, 0.25) is 0 Å². The number of sulfonamides is 1. The monoisotopic (exact) mass is 274 g/mol. The molecule has 0 bridgehead atoms. The molecule has 0 saturated carbocycles. The van der Waals surface area contributed by atoms with Crippen LogP contribution in [0.15, 0.2) is 23.1 Å². The van der Waals surface area contributed by atoms with Gasteiger partial charge in [-0.1, -0.05) is 0 Å². The van der Waals surface area contributed by atoms with Crippen LogP contribution in [0.4, 0.5) is 5.69 Å². The summed E-state index contributed by atoms with van der Waals surface area (Å²) >= 11 is 0. The molecule has 0 radical (unpaired) electrons. The molecule has 102 valence electrons. The van der Waals surface area contributed by atoms with Crippen molar-refractivity contribution in [3.8, 4) is 5.75 Å². The molecule has 18 heavy (non-hydrogen) atoms. The third-order valence-corrected chi connectivity index (χ3v) is 3.88. The van der Waals surface area contributed by atoms with Crippen LogP contribution >= 0.6 is 0 Å². The Balaban J connectivity index is 2.98. The summed E-state index contributed by atoms with van der Waals surface area (Å²) in [5.41, 5.74) is 6.02. The molecule has 0 saturated heterocycles. The number of anilines is 1. The molecule has 1 rings (SSSR count). The van der Waals surface area contributed by atoms with E-state index in [2.05, 4.69) is 4.72 Å². The Kier molecular flexibility index (Phi) is 4.94. The second kappa shape index (κ2) is 6.03. The van der Waals surface area contributed by atoms with Gasteiger partial charge in [0, 0.05) is 19.2 Å². The van der Waals surface area contributed by atoms with E-state index in [9.17, 15) is 8.42 Å². The third kappa shape index (κ3) is 3.59. The summed E-state index contributed by atoms with van der Waals surface area (Å²) in [4.78, 5) is 0.108. The normalized spacial score (nSPS) is 13.3. The topological polar surface area (TPSA) is 90.7 Å². The van der Waals surface area contributed by atoms with Gasteiger partial charge >= 0.3 is 0 Å². The van der Waals surface area contributed by atoms with Gasteiger partial charge in [0.05, 0.1) is 24.3 Å². The zero-order chi connectivity index (χ0) is 13.8. The molecule has 0 spiro atoms. The first-order chi connectivity index (χ1) is 8.40. The molecule has 0 amide bonds. The van der Waals surface area contributed by atoms with Gasteiger partial charge in [-0.05, 0) is 19.1 Å². The number of methoxy groups -OCH3 is 2. The van der Waals surface area contributed by atoms with E-state index in [1.54, 1.807) is 6.92 Å². The van der Waals surface area contributed by atoms with E-state index >= 15 is 0 Å². The Morgan fingerprint density at radius 1 is 1.39 bits per heavy atom. The molecule has 1 unspecified atom stereocenters. The zero-order valence-corrected chi connectivity index (χ0v) is 11.5. The van der Waals surface area contributed by atoms with Gasteiger partial charge < -0.3 is 15.2 Å². The molecule has 0 aromatic heterocycles. The molecule has 0 heterocycles. The first kappa shape index (κ1) is 14.7. The molecule has 1 aromatic carbocycles. The highest BCUT2D eigenvalue weighted by molar-refractivity contribution is 7.89. The van der Waals surface area contributed by atoms with E-state index in [1.165, 1.54) is 32.4 Å². The van der Waals surface area contributed by atoms with Crippen LogP contribution in [0.3, 0.4) is 0 Å². The molecule has 0 aliphatic rings. The number of hydrogen-bond donors (Lipinski definition) is 2. The summed E-state index contributed by atoms with van der Waals surface area (Å²) in [7, 11) is -0.652. The third-order valence-electron chi connectivity index (χ3n) is 2.29. The maximum absolute atomic E-state index is 12.0. The fourth-order valence-corrected chi connectivity index (χ4v) is 2.72. The highest BCUT2D eigenvalue weighted by Gasteiger charge is 2.18. The van der Waals surface area contributed by atoms with Gasteiger partial charge in [-0.25, -0.2) is 13.1 Å². The minimum Gasteiger partial charge on any atom is -0.495 e. The second-order valence-electron chi connectivity index (χ2n) is 3.88. The fourth-order valence-electron chi connectivity index (χ4n) is 1.48. The van der Waals surface area contributed by atoms with Crippen molar-refractivity contribution in [2.45, 2.75) is 17.9 Å². The largest absolute Gasteiger partial charge is 0.495 e. The number of ether oxygens (including phenoxy) is 2. The molecular weight excluding hydrogens is 256 g/mol. The van der Waals surface area contributed by atoms with Crippen molar-refractivity contribution >= 4 is 15.7 Å². The van der Waals surface area contributed by atoms with Gasteiger partial charge in [0.2, 0.25) is 10.0 Å². The molecule has 1 aromatic rings. The van der Waals surface area contributed by atoms with E-state index in [0.717, 1.165) is 0 Å². The first-order valence-electron chi connectivity index (χ1n) is 5.35. The lowest BCUT2D eigenvalue weighted by Gasteiger charge is -2.14. The van der Waals surface area contributed by atoms with Crippen molar-refractivity contribution in [3.63, 3.8) is 0 Å². The van der Waals surface area contributed by atoms with Crippen molar-refractivity contribution in [3.05, 3.63) is 18.2 Å². The number of benzene rings is 1. The van der Waals surface area contributed by atoms with Crippen LogP contribution in [0.25, 0.3) is 0 Å². The van der Waals surface area contributed by atoms with Gasteiger partial charge in [0.1, 0.15) is 5.75 Å². The van der Waals surface area contributed by atoms with E-state index < -0.39 is 10.0 Å². The molecular formula is C11H18N2O4S. The van der Waals surface area contributed by atoms with Gasteiger partial charge in [-0.15, -0.1) is 0 Å². The van der Waals surface area contributed by atoms with E-state index in [0.29, 0.717) is 18.0 Å². The molecule has 0 aliphatic heterocycles. The molecule has 0 aliphatic carbocycles. The van der Waals surface area contributed by atoms with Crippen LogP contribution in [-0.2, 0) is 14.8 Å². The van der Waals surface area contributed by atoms with Gasteiger partial charge in [-0.3, -0.25) is 0 Å². The van der Waals surface area contributed by atoms with Crippen LogP contribution in [0.5, 0.6) is 5.75 Å². The molecule has 6 nitrogen and oxygen atoms in total. The predicted octanol–water partition coefficient (Wildman–Crippen LogP) is 0.591. The van der Waals surface area contributed by atoms with Crippen LogP contribution < -0.4 is 15.2 Å². The van der Waals surface area contributed by atoms with Crippen molar-refractivity contribution in [2.24, 2.45) is 0 Å². The summed E-state index contributed by atoms with van der Waals surface area (Å²) in [5, 5.41) is 0. The Morgan fingerprint density at radius 2 is 2.06 bits per heavy atom. The van der Waals surface area contributed by atoms with Crippen LogP contribution in [0.1, 0.15) is 6.92 Å². The maximum Gasteiger partial charge on any atom is 0.241 e. The minimum absolute atomic E-state index is 0.108. The van der Waals surface area contributed by atoms with Gasteiger partial charge in [0.25, 0.3) is 0 Å². The van der Waals surface area contributed by atoms with Gasteiger partial charge in [0.15, 0.2) is 0 Å². The first-order valence-corrected chi connectivity index (χ1v) is 6.84. The lowest BCUT2D eigenvalue weighted by atomic mass is 10.3. The number of nitrogen functional groups attached to an aromatic ring is 1. The van der Waals surface area contributed by atoms with Crippen molar-refractivity contribution < 1.29 is 17.9 Å². The average Bonchev–Trinajstić information content (AvgIpc) is 2.28. The Morgan fingerprint density at radius 3 is 2.61 bits per heavy atom. The van der Waals surface area contributed by atoms with Crippen LogP contribution in [-0.4, -0.2) is 35.3 Å². The maximum atomic E-state index is 12.0.